The van der Waals surface area contributed by atoms with E-state index in [1.165, 1.54) is 0 Å². The first kappa shape index (κ1) is 16.3. The number of benzene rings is 1. The zero-order valence-electron chi connectivity index (χ0n) is 13.1. The van der Waals surface area contributed by atoms with E-state index >= 15 is 0 Å². The van der Waals surface area contributed by atoms with Crippen LogP contribution >= 0.6 is 11.6 Å². The number of carboxylic acids is 1. The number of carbonyl (C=O) groups is 2. The van der Waals surface area contributed by atoms with Crippen molar-refractivity contribution in [2.45, 2.75) is 56.4 Å². The number of carbonyl (C=O) groups excluding carboxylic acids is 1. The van der Waals surface area contributed by atoms with Gasteiger partial charge in [0.1, 0.15) is 0 Å². The van der Waals surface area contributed by atoms with Crippen LogP contribution in [0.3, 0.4) is 0 Å². The summed E-state index contributed by atoms with van der Waals surface area (Å²) in [5, 5.41) is 9.76. The van der Waals surface area contributed by atoms with Crippen molar-refractivity contribution in [1.82, 2.24) is 4.90 Å². The highest BCUT2D eigenvalue weighted by molar-refractivity contribution is 6.30. The van der Waals surface area contributed by atoms with E-state index in [1.54, 1.807) is 0 Å². The molecular formula is C18H22ClNO3. The molecule has 1 atom stereocenters. The fraction of sp³-hybridized carbons (Fsp3) is 0.556. The molecule has 0 radical (unpaired) electrons. The van der Waals surface area contributed by atoms with Crippen molar-refractivity contribution >= 4 is 23.5 Å². The van der Waals surface area contributed by atoms with Crippen LogP contribution in [0.15, 0.2) is 24.3 Å². The molecule has 1 saturated carbocycles. The Labute approximate surface area is 141 Å². The van der Waals surface area contributed by atoms with Crippen molar-refractivity contribution in [2.75, 3.05) is 6.54 Å². The molecular weight excluding hydrogens is 314 g/mol. The number of aliphatic carboxylic acids is 1. The monoisotopic (exact) mass is 335 g/mol. The molecule has 4 nitrogen and oxygen atoms in total. The van der Waals surface area contributed by atoms with Gasteiger partial charge in [0.25, 0.3) is 0 Å². The van der Waals surface area contributed by atoms with Crippen molar-refractivity contribution in [3.63, 3.8) is 0 Å². The average Bonchev–Trinajstić information content (AvgIpc) is 3.16. The number of amides is 1. The topological polar surface area (TPSA) is 57.6 Å². The fourth-order valence-electron chi connectivity index (χ4n) is 4.17. The van der Waals surface area contributed by atoms with Gasteiger partial charge < -0.3 is 10.0 Å². The largest absolute Gasteiger partial charge is 0.481 e. The number of carboxylic acid groups (broad SMARTS) is 1. The second kappa shape index (κ2) is 6.52. The molecule has 1 amide bonds. The van der Waals surface area contributed by atoms with E-state index in [0.29, 0.717) is 11.6 Å². The van der Waals surface area contributed by atoms with Crippen LogP contribution in [0.1, 0.15) is 50.5 Å². The molecule has 5 heteroatoms. The highest BCUT2D eigenvalue weighted by Crippen LogP contribution is 2.44. The van der Waals surface area contributed by atoms with E-state index in [2.05, 4.69) is 0 Å². The number of hydrogen-bond donors (Lipinski definition) is 1. The molecule has 1 heterocycles. The van der Waals surface area contributed by atoms with Gasteiger partial charge in [-0.3, -0.25) is 9.59 Å². The van der Waals surface area contributed by atoms with E-state index in [-0.39, 0.29) is 18.4 Å². The van der Waals surface area contributed by atoms with E-state index in [1.807, 2.05) is 29.2 Å². The number of nitrogens with zero attached hydrogens (tertiary/aromatic N) is 1. The molecule has 1 aliphatic heterocycles. The molecule has 0 aromatic heterocycles. The van der Waals surface area contributed by atoms with Crippen LogP contribution in [0.4, 0.5) is 0 Å². The van der Waals surface area contributed by atoms with E-state index in [4.69, 9.17) is 16.7 Å². The molecule has 2 fully saturated rings. The second-order valence-corrected chi connectivity index (χ2v) is 7.13. The average molecular weight is 336 g/mol. The van der Waals surface area contributed by atoms with Gasteiger partial charge in [-0.1, -0.05) is 36.6 Å². The Morgan fingerprint density at radius 2 is 1.83 bits per heavy atom. The van der Waals surface area contributed by atoms with E-state index in [9.17, 15) is 9.59 Å². The summed E-state index contributed by atoms with van der Waals surface area (Å²) in [6.07, 6.45) is 5.46. The van der Waals surface area contributed by atoms with Crippen LogP contribution in [-0.4, -0.2) is 34.5 Å². The van der Waals surface area contributed by atoms with Gasteiger partial charge in [0, 0.05) is 17.6 Å². The molecule has 1 aromatic carbocycles. The quantitative estimate of drug-likeness (QED) is 0.914. The first-order valence-corrected chi connectivity index (χ1v) is 8.70. The van der Waals surface area contributed by atoms with E-state index < -0.39 is 11.4 Å². The van der Waals surface area contributed by atoms with Crippen LogP contribution in [0.2, 0.25) is 5.02 Å². The summed E-state index contributed by atoms with van der Waals surface area (Å²) in [5.41, 5.74) is 0.525. The molecule has 1 N–H and O–H groups in total. The van der Waals surface area contributed by atoms with Gasteiger partial charge in [-0.15, -0.1) is 0 Å². The van der Waals surface area contributed by atoms with Crippen molar-refractivity contribution in [2.24, 2.45) is 0 Å². The summed E-state index contributed by atoms with van der Waals surface area (Å²) in [6, 6.07) is 7.41. The molecule has 1 unspecified atom stereocenters. The fourth-order valence-corrected chi connectivity index (χ4v) is 4.29. The summed E-state index contributed by atoms with van der Waals surface area (Å²) in [7, 11) is 0. The third kappa shape index (κ3) is 3.09. The number of halogens is 1. The van der Waals surface area contributed by atoms with Crippen LogP contribution in [0.25, 0.3) is 0 Å². The second-order valence-electron chi connectivity index (χ2n) is 6.69. The molecule has 2 aliphatic rings. The predicted molar refractivity (Wildman–Crippen MR) is 88.6 cm³/mol. The Morgan fingerprint density at radius 3 is 2.43 bits per heavy atom. The SMILES string of the molecule is O=C(O)CC1CCCN1C(=O)C1(c2ccc(Cl)cc2)CCCC1. The van der Waals surface area contributed by atoms with Crippen LogP contribution in [0.5, 0.6) is 0 Å². The Kier molecular flexibility index (Phi) is 4.62. The smallest absolute Gasteiger partial charge is 0.305 e. The molecule has 23 heavy (non-hydrogen) atoms. The Hall–Kier alpha value is -1.55. The maximum atomic E-state index is 13.3. The molecule has 0 spiro atoms. The first-order chi connectivity index (χ1) is 11.0. The molecule has 1 aromatic rings. The van der Waals surface area contributed by atoms with Crippen LogP contribution < -0.4 is 0 Å². The summed E-state index contributed by atoms with van der Waals surface area (Å²) >= 11 is 5.99. The Morgan fingerprint density at radius 1 is 1.17 bits per heavy atom. The predicted octanol–water partition coefficient (Wildman–Crippen LogP) is 3.62. The Balaban J connectivity index is 1.90. The minimum atomic E-state index is -0.832. The number of hydrogen-bond acceptors (Lipinski definition) is 2. The number of likely N-dealkylation sites (tertiary alicyclic amines) is 1. The molecule has 3 rings (SSSR count). The Bertz CT molecular complexity index is 593. The first-order valence-electron chi connectivity index (χ1n) is 8.32. The van der Waals surface area contributed by atoms with Gasteiger partial charge in [0.2, 0.25) is 5.91 Å². The lowest BCUT2D eigenvalue weighted by molar-refractivity contribution is -0.142. The zero-order chi connectivity index (χ0) is 16.4. The summed E-state index contributed by atoms with van der Waals surface area (Å²) in [6.45, 7) is 0.673. The minimum Gasteiger partial charge on any atom is -0.481 e. The lowest BCUT2D eigenvalue weighted by Gasteiger charge is -2.35. The van der Waals surface area contributed by atoms with Gasteiger partial charge in [-0.05, 0) is 43.4 Å². The molecule has 1 aliphatic carbocycles. The molecule has 0 bridgehead atoms. The minimum absolute atomic E-state index is 0.0441. The van der Waals surface area contributed by atoms with Crippen molar-refractivity contribution in [3.05, 3.63) is 34.9 Å². The summed E-state index contributed by atoms with van der Waals surface area (Å²) in [5.74, 6) is -0.720. The van der Waals surface area contributed by atoms with Crippen LogP contribution in [-0.2, 0) is 15.0 Å². The molecule has 1 saturated heterocycles. The highest BCUT2D eigenvalue weighted by atomic mass is 35.5. The summed E-state index contributed by atoms with van der Waals surface area (Å²) in [4.78, 5) is 26.3. The van der Waals surface area contributed by atoms with E-state index in [0.717, 1.165) is 44.1 Å². The zero-order valence-corrected chi connectivity index (χ0v) is 13.9. The highest BCUT2D eigenvalue weighted by Gasteiger charge is 2.47. The molecule has 124 valence electrons. The van der Waals surface area contributed by atoms with Gasteiger partial charge in [0.15, 0.2) is 0 Å². The lowest BCUT2D eigenvalue weighted by atomic mass is 9.77. The van der Waals surface area contributed by atoms with Gasteiger partial charge >= 0.3 is 5.97 Å². The van der Waals surface area contributed by atoms with Crippen LogP contribution in [0, 0.1) is 0 Å². The van der Waals surface area contributed by atoms with Gasteiger partial charge in [0.05, 0.1) is 11.8 Å². The standard InChI is InChI=1S/C18H22ClNO3/c19-14-7-5-13(6-8-14)18(9-1-2-10-18)17(23)20-11-3-4-15(20)12-16(21)22/h5-8,15H,1-4,9-12H2,(H,21,22). The van der Waals surface area contributed by atoms with Crippen molar-refractivity contribution in [1.29, 1.82) is 0 Å². The van der Waals surface area contributed by atoms with Gasteiger partial charge in [-0.25, -0.2) is 0 Å². The van der Waals surface area contributed by atoms with Crippen molar-refractivity contribution in [3.8, 4) is 0 Å². The normalized spacial score (nSPS) is 23.2. The maximum absolute atomic E-state index is 13.3. The summed E-state index contributed by atoms with van der Waals surface area (Å²) < 4.78 is 0. The third-order valence-corrected chi connectivity index (χ3v) is 5.56. The number of rotatable bonds is 4. The van der Waals surface area contributed by atoms with Crippen molar-refractivity contribution < 1.29 is 14.7 Å². The maximum Gasteiger partial charge on any atom is 0.305 e. The lowest BCUT2D eigenvalue weighted by Crippen LogP contribution is -2.48. The van der Waals surface area contributed by atoms with Gasteiger partial charge in [-0.2, -0.15) is 0 Å². The third-order valence-electron chi connectivity index (χ3n) is 5.31.